The van der Waals surface area contributed by atoms with Crippen LogP contribution in [-0.2, 0) is 14.8 Å². The van der Waals surface area contributed by atoms with Gasteiger partial charge in [-0.1, -0.05) is 0 Å². The first-order chi connectivity index (χ1) is 11.4. The fraction of sp³-hybridized carbons (Fsp3) is 0.562. The maximum Gasteiger partial charge on any atom is 0.238 e. The van der Waals surface area contributed by atoms with Crippen LogP contribution >= 0.6 is 24.8 Å². The van der Waals surface area contributed by atoms with Crippen LogP contribution in [0, 0.1) is 5.92 Å². The zero-order valence-corrected chi connectivity index (χ0v) is 16.9. The summed E-state index contributed by atoms with van der Waals surface area (Å²) in [7, 11) is -3.66. The molecule has 3 N–H and O–H groups in total. The van der Waals surface area contributed by atoms with E-state index in [2.05, 4.69) is 10.2 Å². The molecule has 0 aromatic heterocycles. The Bertz CT molecular complexity index is 688. The van der Waals surface area contributed by atoms with Crippen molar-refractivity contribution in [2.45, 2.75) is 17.7 Å². The highest BCUT2D eigenvalue weighted by Crippen LogP contribution is 2.27. The van der Waals surface area contributed by atoms with Gasteiger partial charge in [0.25, 0.3) is 0 Å². The number of halogens is 2. The van der Waals surface area contributed by atoms with Crippen molar-refractivity contribution in [2.24, 2.45) is 11.1 Å². The molecule has 26 heavy (non-hydrogen) atoms. The molecule has 1 saturated carbocycles. The summed E-state index contributed by atoms with van der Waals surface area (Å²) in [5, 5.41) is 8.34. The summed E-state index contributed by atoms with van der Waals surface area (Å²) in [6.07, 6.45) is 2.56. The van der Waals surface area contributed by atoms with Gasteiger partial charge in [-0.3, -0.25) is 4.79 Å². The Hall–Kier alpha value is -1.06. The summed E-state index contributed by atoms with van der Waals surface area (Å²) in [6.45, 7) is 4.20. The summed E-state index contributed by atoms with van der Waals surface area (Å²) >= 11 is 0. The smallest absolute Gasteiger partial charge is 0.238 e. The van der Waals surface area contributed by atoms with Crippen LogP contribution in [0.5, 0.6) is 0 Å². The number of nitrogens with one attached hydrogen (secondary N) is 1. The van der Waals surface area contributed by atoms with Gasteiger partial charge in [0.15, 0.2) is 0 Å². The van der Waals surface area contributed by atoms with E-state index in [-0.39, 0.29) is 35.6 Å². The van der Waals surface area contributed by atoms with E-state index in [1.807, 2.05) is 4.90 Å². The normalized spacial score (nSPS) is 17.3. The highest BCUT2D eigenvalue weighted by molar-refractivity contribution is 7.89. The van der Waals surface area contributed by atoms with Gasteiger partial charge >= 0.3 is 0 Å². The van der Waals surface area contributed by atoms with Gasteiger partial charge in [0, 0.05) is 31.9 Å². The summed E-state index contributed by atoms with van der Waals surface area (Å²) in [5.74, 6) is 0.926. The molecule has 7 nitrogen and oxygen atoms in total. The van der Waals surface area contributed by atoms with Crippen molar-refractivity contribution in [2.75, 3.05) is 44.2 Å². The van der Waals surface area contributed by atoms with Gasteiger partial charge in [-0.2, -0.15) is 0 Å². The number of nitrogens with zero attached hydrogens (tertiary/aromatic N) is 2. The number of piperazine rings is 1. The second-order valence-corrected chi connectivity index (χ2v) is 8.04. The summed E-state index contributed by atoms with van der Waals surface area (Å²) in [5.41, 5.74) is 0.946. The van der Waals surface area contributed by atoms with Gasteiger partial charge in [0.1, 0.15) is 0 Å². The minimum atomic E-state index is -3.66. The van der Waals surface area contributed by atoms with Crippen molar-refractivity contribution in [3.05, 3.63) is 24.3 Å². The van der Waals surface area contributed by atoms with Crippen molar-refractivity contribution >= 4 is 46.4 Å². The third kappa shape index (κ3) is 6.28. The Balaban J connectivity index is 0.00000169. The minimum Gasteiger partial charge on any atom is -0.368 e. The Kier molecular flexibility index (Phi) is 8.62. The summed E-state index contributed by atoms with van der Waals surface area (Å²) < 4.78 is 22.6. The Labute approximate surface area is 167 Å². The summed E-state index contributed by atoms with van der Waals surface area (Å²) in [6, 6.07) is 6.55. The number of primary sulfonamides is 1. The number of carbonyl (C=O) groups is 1. The number of hydrogen-bond donors (Lipinski definition) is 2. The molecule has 10 heteroatoms. The van der Waals surface area contributed by atoms with Crippen LogP contribution in [0.1, 0.15) is 12.8 Å². The molecule has 1 aromatic rings. The molecule has 2 aliphatic rings. The first kappa shape index (κ1) is 23.0. The van der Waals surface area contributed by atoms with Crippen molar-refractivity contribution in [1.29, 1.82) is 0 Å². The van der Waals surface area contributed by atoms with E-state index in [1.54, 1.807) is 12.1 Å². The van der Waals surface area contributed by atoms with Gasteiger partial charge in [-0.05, 0) is 49.6 Å². The predicted octanol–water partition coefficient (Wildman–Crippen LogP) is 0.826. The van der Waals surface area contributed by atoms with E-state index < -0.39 is 10.0 Å². The number of carbonyl (C=O) groups excluding carboxylic acids is 1. The van der Waals surface area contributed by atoms with Crippen LogP contribution in [0.3, 0.4) is 0 Å². The fourth-order valence-corrected chi connectivity index (χ4v) is 3.39. The van der Waals surface area contributed by atoms with Gasteiger partial charge in [0.05, 0.1) is 11.4 Å². The molecular formula is C16H26Cl2N4O3S. The third-order valence-corrected chi connectivity index (χ3v) is 5.50. The molecule has 0 atom stereocenters. The van der Waals surface area contributed by atoms with Crippen molar-refractivity contribution in [1.82, 2.24) is 10.2 Å². The second kappa shape index (κ2) is 9.75. The lowest BCUT2D eigenvalue weighted by molar-refractivity contribution is -0.130. The monoisotopic (exact) mass is 424 g/mol. The lowest BCUT2D eigenvalue weighted by atomic mass is 10.2. The van der Waals surface area contributed by atoms with Crippen LogP contribution < -0.4 is 15.4 Å². The lowest BCUT2D eigenvalue weighted by Gasteiger charge is -2.36. The molecule has 1 aliphatic heterocycles. The van der Waals surface area contributed by atoms with E-state index in [0.717, 1.165) is 31.2 Å². The van der Waals surface area contributed by atoms with E-state index in [1.165, 1.54) is 25.0 Å². The zero-order valence-electron chi connectivity index (χ0n) is 14.5. The molecule has 3 rings (SSSR count). The van der Waals surface area contributed by atoms with Crippen molar-refractivity contribution in [3.8, 4) is 0 Å². The quantitative estimate of drug-likeness (QED) is 0.704. The number of hydrogen-bond acceptors (Lipinski definition) is 5. The molecule has 0 bridgehead atoms. The molecule has 0 spiro atoms. The van der Waals surface area contributed by atoms with E-state index >= 15 is 0 Å². The van der Waals surface area contributed by atoms with Crippen LogP contribution in [0.25, 0.3) is 0 Å². The highest BCUT2D eigenvalue weighted by Gasteiger charge is 2.23. The summed E-state index contributed by atoms with van der Waals surface area (Å²) in [4.78, 5) is 16.3. The standard InChI is InChI=1S/C16H24N4O3S.2ClH/c17-24(22,23)15-5-3-14(4-6-15)19-7-9-20(10-8-19)16(21)12-18-11-13-1-2-13;;/h3-6,13,18H,1-2,7-12H2,(H2,17,22,23);2*1H. The molecule has 0 radical (unpaired) electrons. The lowest BCUT2D eigenvalue weighted by Crippen LogP contribution is -2.51. The van der Waals surface area contributed by atoms with Crippen LogP contribution in [0.15, 0.2) is 29.2 Å². The van der Waals surface area contributed by atoms with Gasteiger partial charge < -0.3 is 15.1 Å². The van der Waals surface area contributed by atoms with Gasteiger partial charge in [0.2, 0.25) is 15.9 Å². The van der Waals surface area contributed by atoms with Crippen molar-refractivity contribution in [3.63, 3.8) is 0 Å². The average molecular weight is 425 g/mol. The molecule has 1 heterocycles. The molecule has 1 aromatic carbocycles. The number of sulfonamides is 1. The fourth-order valence-electron chi connectivity index (χ4n) is 2.88. The van der Waals surface area contributed by atoms with Crippen molar-refractivity contribution < 1.29 is 13.2 Å². The molecule has 148 valence electrons. The number of amides is 1. The Morgan fingerprint density at radius 2 is 1.65 bits per heavy atom. The average Bonchev–Trinajstić information content (AvgIpc) is 3.38. The minimum absolute atomic E-state index is 0. The largest absolute Gasteiger partial charge is 0.368 e. The van der Waals surface area contributed by atoms with E-state index in [9.17, 15) is 13.2 Å². The molecule has 1 saturated heterocycles. The maximum absolute atomic E-state index is 12.2. The van der Waals surface area contributed by atoms with E-state index in [0.29, 0.717) is 19.6 Å². The molecule has 2 fully saturated rings. The number of rotatable bonds is 6. The molecular weight excluding hydrogens is 399 g/mol. The van der Waals surface area contributed by atoms with E-state index in [4.69, 9.17) is 5.14 Å². The first-order valence-electron chi connectivity index (χ1n) is 8.30. The SMILES string of the molecule is Cl.Cl.NS(=O)(=O)c1ccc(N2CCN(C(=O)CNCC3CC3)CC2)cc1. The first-order valence-corrected chi connectivity index (χ1v) is 9.84. The second-order valence-electron chi connectivity index (χ2n) is 6.48. The van der Waals surface area contributed by atoms with Crippen LogP contribution in [0.4, 0.5) is 5.69 Å². The zero-order chi connectivity index (χ0) is 17.2. The maximum atomic E-state index is 12.2. The molecule has 1 aliphatic carbocycles. The van der Waals surface area contributed by atoms with Crippen LogP contribution in [-0.4, -0.2) is 58.5 Å². The molecule has 0 unspecified atom stereocenters. The Morgan fingerprint density at radius 1 is 1.08 bits per heavy atom. The Morgan fingerprint density at radius 3 is 2.15 bits per heavy atom. The highest BCUT2D eigenvalue weighted by atomic mass is 35.5. The van der Waals surface area contributed by atoms with Gasteiger partial charge in [-0.15, -0.1) is 24.8 Å². The predicted molar refractivity (Wildman–Crippen MR) is 107 cm³/mol. The topological polar surface area (TPSA) is 95.7 Å². The van der Waals surface area contributed by atoms with Crippen LogP contribution in [0.2, 0.25) is 0 Å². The third-order valence-electron chi connectivity index (χ3n) is 4.57. The molecule has 1 amide bonds. The number of anilines is 1. The number of benzene rings is 1. The number of nitrogens with two attached hydrogens (primary N) is 1. The van der Waals surface area contributed by atoms with Gasteiger partial charge in [-0.25, -0.2) is 13.6 Å².